The normalized spacial score (nSPS) is 14.3. The molecule has 0 unspecified atom stereocenters. The van der Waals surface area contributed by atoms with Crippen molar-refractivity contribution in [1.82, 2.24) is 10.3 Å². The molecule has 1 heterocycles. The monoisotopic (exact) mass is 235 g/mol. The van der Waals surface area contributed by atoms with E-state index in [1.807, 2.05) is 25.1 Å². The van der Waals surface area contributed by atoms with Crippen LogP contribution in [0.4, 0.5) is 5.82 Å². The lowest BCUT2D eigenvalue weighted by Crippen LogP contribution is -2.21. The highest BCUT2D eigenvalue weighted by molar-refractivity contribution is 5.92. The topological polar surface area (TPSA) is 54.5 Å². The van der Waals surface area contributed by atoms with Crippen LogP contribution in [0.15, 0.2) is 12.1 Å². The van der Waals surface area contributed by atoms with Gasteiger partial charge in [0.05, 0.1) is 6.10 Å². The highest BCUT2D eigenvalue weighted by atomic mass is 16.5. The summed E-state index contributed by atoms with van der Waals surface area (Å²) in [6.45, 7) is 0. The number of anilines is 1. The van der Waals surface area contributed by atoms with Crippen molar-refractivity contribution in [2.75, 3.05) is 26.0 Å². The summed E-state index contributed by atoms with van der Waals surface area (Å²) >= 11 is 0. The number of carbonyl (C=O) groups is 1. The van der Waals surface area contributed by atoms with Gasteiger partial charge in [-0.25, -0.2) is 4.98 Å². The van der Waals surface area contributed by atoms with Gasteiger partial charge in [0, 0.05) is 21.1 Å². The summed E-state index contributed by atoms with van der Waals surface area (Å²) in [5.74, 6) is 1.24. The first-order valence-corrected chi connectivity index (χ1v) is 5.69. The Kier molecular flexibility index (Phi) is 3.17. The van der Waals surface area contributed by atoms with Gasteiger partial charge in [0.2, 0.25) is 0 Å². The van der Waals surface area contributed by atoms with Crippen LogP contribution in [0, 0.1) is 0 Å². The molecule has 0 aliphatic heterocycles. The number of nitrogens with zero attached hydrogens (tertiary/aromatic N) is 2. The van der Waals surface area contributed by atoms with Gasteiger partial charge in [-0.3, -0.25) is 4.79 Å². The van der Waals surface area contributed by atoms with E-state index in [1.54, 1.807) is 13.1 Å². The van der Waals surface area contributed by atoms with E-state index < -0.39 is 0 Å². The minimum Gasteiger partial charge on any atom is -0.487 e. The standard InChI is InChI=1S/C12H17N3O2/c1-13-12(16)9-6-7-10(17-8-4-5-8)11(14-9)15(2)3/h6-8H,4-5H2,1-3H3,(H,13,16). The molecule has 92 valence electrons. The summed E-state index contributed by atoms with van der Waals surface area (Å²) in [5.41, 5.74) is 0.402. The van der Waals surface area contributed by atoms with Gasteiger partial charge in [-0.15, -0.1) is 0 Å². The zero-order valence-corrected chi connectivity index (χ0v) is 10.4. The van der Waals surface area contributed by atoms with Crippen LogP contribution >= 0.6 is 0 Å². The third kappa shape index (κ3) is 2.67. The molecule has 0 radical (unpaired) electrons. The van der Waals surface area contributed by atoms with Crippen molar-refractivity contribution < 1.29 is 9.53 Å². The van der Waals surface area contributed by atoms with Crippen molar-refractivity contribution in [2.24, 2.45) is 0 Å². The second kappa shape index (κ2) is 4.61. The first-order chi connectivity index (χ1) is 8.11. The molecule has 1 aromatic heterocycles. The molecule has 0 bridgehead atoms. The lowest BCUT2D eigenvalue weighted by Gasteiger charge is -2.17. The number of ether oxygens (including phenoxy) is 1. The smallest absolute Gasteiger partial charge is 0.269 e. The van der Waals surface area contributed by atoms with Crippen LogP contribution in [0.25, 0.3) is 0 Å². The van der Waals surface area contributed by atoms with Crippen LogP contribution in [-0.4, -0.2) is 38.1 Å². The van der Waals surface area contributed by atoms with Crippen molar-refractivity contribution in [2.45, 2.75) is 18.9 Å². The summed E-state index contributed by atoms with van der Waals surface area (Å²) in [6, 6.07) is 3.49. The summed E-state index contributed by atoms with van der Waals surface area (Å²) in [6.07, 6.45) is 2.52. The Balaban J connectivity index is 2.29. The Morgan fingerprint density at radius 1 is 1.47 bits per heavy atom. The first-order valence-electron chi connectivity index (χ1n) is 5.69. The van der Waals surface area contributed by atoms with E-state index >= 15 is 0 Å². The Labute approximate surface area is 101 Å². The average Bonchev–Trinajstić information content (AvgIpc) is 3.12. The minimum atomic E-state index is -0.189. The highest BCUT2D eigenvalue weighted by Crippen LogP contribution is 2.32. The third-order valence-corrected chi connectivity index (χ3v) is 2.54. The zero-order valence-electron chi connectivity index (χ0n) is 10.4. The van der Waals surface area contributed by atoms with E-state index in [4.69, 9.17) is 4.74 Å². The van der Waals surface area contributed by atoms with Crippen LogP contribution in [0.1, 0.15) is 23.3 Å². The highest BCUT2D eigenvalue weighted by Gasteiger charge is 2.25. The SMILES string of the molecule is CNC(=O)c1ccc(OC2CC2)c(N(C)C)n1. The third-order valence-electron chi connectivity index (χ3n) is 2.54. The number of nitrogens with one attached hydrogen (secondary N) is 1. The van der Waals surface area contributed by atoms with Gasteiger partial charge in [-0.2, -0.15) is 0 Å². The second-order valence-corrected chi connectivity index (χ2v) is 4.31. The van der Waals surface area contributed by atoms with Crippen LogP contribution in [-0.2, 0) is 0 Å². The number of rotatable bonds is 4. The Hall–Kier alpha value is -1.78. The molecule has 1 aromatic rings. The van der Waals surface area contributed by atoms with Gasteiger partial charge in [-0.1, -0.05) is 0 Å². The predicted molar refractivity (Wildman–Crippen MR) is 65.6 cm³/mol. The molecule has 1 N–H and O–H groups in total. The molecule has 1 aliphatic rings. The summed E-state index contributed by atoms with van der Waals surface area (Å²) in [7, 11) is 5.36. The van der Waals surface area contributed by atoms with E-state index in [1.165, 1.54) is 0 Å². The van der Waals surface area contributed by atoms with Crippen molar-refractivity contribution >= 4 is 11.7 Å². The van der Waals surface area contributed by atoms with Crippen LogP contribution in [0.2, 0.25) is 0 Å². The first kappa shape index (κ1) is 11.7. The molecule has 1 saturated carbocycles. The van der Waals surface area contributed by atoms with E-state index in [0.29, 0.717) is 17.6 Å². The van der Waals surface area contributed by atoms with Crippen molar-refractivity contribution in [3.8, 4) is 5.75 Å². The van der Waals surface area contributed by atoms with E-state index in [0.717, 1.165) is 18.6 Å². The molecule has 0 aromatic carbocycles. The van der Waals surface area contributed by atoms with Gasteiger partial charge in [-0.05, 0) is 25.0 Å². The van der Waals surface area contributed by atoms with Crippen molar-refractivity contribution in [3.63, 3.8) is 0 Å². The average molecular weight is 235 g/mol. The predicted octanol–water partition coefficient (Wildman–Crippen LogP) is 1.05. The molecule has 2 rings (SSSR count). The molecular weight excluding hydrogens is 218 g/mol. The molecular formula is C12H17N3O2. The fourth-order valence-electron chi connectivity index (χ4n) is 1.47. The Bertz CT molecular complexity index is 428. The molecule has 1 fully saturated rings. The van der Waals surface area contributed by atoms with Gasteiger partial charge in [0.25, 0.3) is 5.91 Å². The van der Waals surface area contributed by atoms with Crippen LogP contribution in [0.5, 0.6) is 5.75 Å². The summed E-state index contributed by atoms with van der Waals surface area (Å²) in [4.78, 5) is 17.7. The maximum atomic E-state index is 11.5. The van der Waals surface area contributed by atoms with Crippen molar-refractivity contribution in [1.29, 1.82) is 0 Å². The molecule has 5 nitrogen and oxygen atoms in total. The molecule has 0 atom stereocenters. The lowest BCUT2D eigenvalue weighted by atomic mass is 10.3. The number of hydrogen-bond acceptors (Lipinski definition) is 4. The maximum absolute atomic E-state index is 11.5. The van der Waals surface area contributed by atoms with Crippen LogP contribution < -0.4 is 15.0 Å². The number of pyridine rings is 1. The Morgan fingerprint density at radius 2 is 2.18 bits per heavy atom. The van der Waals surface area contributed by atoms with E-state index in [-0.39, 0.29) is 5.91 Å². The maximum Gasteiger partial charge on any atom is 0.269 e. The lowest BCUT2D eigenvalue weighted by molar-refractivity contribution is 0.0958. The van der Waals surface area contributed by atoms with Gasteiger partial charge < -0.3 is 15.0 Å². The number of amides is 1. The molecule has 17 heavy (non-hydrogen) atoms. The molecule has 1 amide bonds. The van der Waals surface area contributed by atoms with Gasteiger partial charge >= 0.3 is 0 Å². The number of aromatic nitrogens is 1. The minimum absolute atomic E-state index is 0.189. The molecule has 0 saturated heterocycles. The fourth-order valence-corrected chi connectivity index (χ4v) is 1.47. The number of carbonyl (C=O) groups excluding carboxylic acids is 1. The summed E-state index contributed by atoms with van der Waals surface area (Å²) < 4.78 is 5.75. The molecule has 0 spiro atoms. The largest absolute Gasteiger partial charge is 0.487 e. The van der Waals surface area contributed by atoms with Gasteiger partial charge in [0.1, 0.15) is 5.69 Å². The number of hydrogen-bond donors (Lipinski definition) is 1. The Morgan fingerprint density at radius 3 is 2.71 bits per heavy atom. The molecule has 5 heteroatoms. The van der Waals surface area contributed by atoms with E-state index in [9.17, 15) is 4.79 Å². The fraction of sp³-hybridized carbons (Fsp3) is 0.500. The second-order valence-electron chi connectivity index (χ2n) is 4.31. The quantitative estimate of drug-likeness (QED) is 0.847. The van der Waals surface area contributed by atoms with E-state index in [2.05, 4.69) is 10.3 Å². The van der Waals surface area contributed by atoms with Crippen LogP contribution in [0.3, 0.4) is 0 Å². The zero-order chi connectivity index (χ0) is 12.4. The molecule has 1 aliphatic carbocycles. The van der Waals surface area contributed by atoms with Crippen molar-refractivity contribution in [3.05, 3.63) is 17.8 Å². The van der Waals surface area contributed by atoms with Gasteiger partial charge in [0.15, 0.2) is 11.6 Å². The summed E-state index contributed by atoms with van der Waals surface area (Å²) in [5, 5.41) is 2.56.